The van der Waals surface area contributed by atoms with Gasteiger partial charge in [-0.3, -0.25) is 4.57 Å². The lowest BCUT2D eigenvalue weighted by Crippen LogP contribution is -2.40. The Bertz CT molecular complexity index is 551. The Kier molecular flexibility index (Phi) is 6.01. The quantitative estimate of drug-likeness (QED) is 0.253. The molecule has 0 saturated carbocycles. The van der Waals surface area contributed by atoms with Gasteiger partial charge in [0.2, 0.25) is 0 Å². The van der Waals surface area contributed by atoms with Crippen molar-refractivity contribution < 1.29 is 14.4 Å². The van der Waals surface area contributed by atoms with Crippen molar-refractivity contribution in [3.63, 3.8) is 0 Å². The van der Waals surface area contributed by atoms with Crippen LogP contribution in [0.4, 0.5) is 0 Å². The average molecular weight is 610 g/mol. The largest absolute Gasteiger partial charge is 0.345 e. The van der Waals surface area contributed by atoms with Crippen molar-refractivity contribution in [1.82, 2.24) is 0 Å². The molecule has 10 heteroatoms. The second kappa shape index (κ2) is 6.08. The summed E-state index contributed by atoms with van der Waals surface area (Å²) < 4.78 is 14.7. The molecule has 0 amide bonds. The zero-order chi connectivity index (χ0) is 13.9. The number of halogens is 5. The molecule has 0 spiro atoms. The predicted octanol–water partition coefficient (Wildman–Crippen LogP) is 4.25. The van der Waals surface area contributed by atoms with Crippen LogP contribution in [0, 0.1) is 0 Å². The van der Waals surface area contributed by atoms with E-state index in [-0.39, 0.29) is 29.8 Å². The molecule has 0 heterocycles. The van der Waals surface area contributed by atoms with E-state index < -0.39 is 12.9 Å². The first-order chi connectivity index (χ1) is 8.08. The van der Waals surface area contributed by atoms with Gasteiger partial charge in [0, 0.05) is 30.7 Å². The van der Waals surface area contributed by atoms with Crippen LogP contribution >= 0.6 is 88.3 Å². The number of hydrogen-bond acceptors (Lipinski definition) is 2. The van der Waals surface area contributed by atoms with Gasteiger partial charge in [-0.1, -0.05) is 0 Å². The number of rotatable bonds is 1. The van der Waals surface area contributed by atoms with Crippen LogP contribution in [-0.4, -0.2) is 15.1 Å². The molecule has 2 rings (SSSR count). The summed E-state index contributed by atoms with van der Waals surface area (Å²) in [4.78, 5) is 18.8. The maximum Gasteiger partial charge on any atom is 0.345 e. The molecule has 108 valence electrons. The maximum absolute atomic E-state index is 11.5. The van der Waals surface area contributed by atoms with Crippen molar-refractivity contribution in [2.24, 2.45) is 5.73 Å². The highest BCUT2D eigenvalue weighted by Crippen LogP contribution is 2.57. The van der Waals surface area contributed by atoms with Crippen molar-refractivity contribution in [2.75, 3.05) is 0 Å². The fourth-order valence-corrected chi connectivity index (χ4v) is 5.26. The molecule has 0 unspecified atom stereocenters. The Morgan fingerprint density at radius 3 is 1.53 bits per heavy atom. The Morgan fingerprint density at radius 2 is 1.26 bits per heavy atom. The summed E-state index contributed by atoms with van der Waals surface area (Å²) in [6.07, 6.45) is 0.273. The van der Waals surface area contributed by atoms with E-state index in [1.807, 2.05) is 0 Å². The zero-order valence-electron chi connectivity index (χ0n) is 9.16. The predicted molar refractivity (Wildman–Crippen MR) is 93.9 cm³/mol. The number of fused-ring (bicyclic) bond motifs is 1. The van der Waals surface area contributed by atoms with Crippen molar-refractivity contribution >= 4 is 88.3 Å². The first-order valence-electron chi connectivity index (χ1n) is 4.76. The van der Waals surface area contributed by atoms with Crippen LogP contribution < -0.4 is 5.73 Å². The van der Waals surface area contributed by atoms with Gasteiger partial charge in [-0.05, 0) is 74.8 Å². The van der Waals surface area contributed by atoms with Crippen LogP contribution in [0.5, 0.6) is 0 Å². The van der Waals surface area contributed by atoms with Crippen LogP contribution in [-0.2, 0) is 17.4 Å². The van der Waals surface area contributed by atoms with Crippen molar-refractivity contribution in [3.8, 4) is 0 Å². The lowest BCUT2D eigenvalue weighted by atomic mass is 10.1. The van der Waals surface area contributed by atoms with Gasteiger partial charge in [-0.25, -0.2) is 0 Å². The Morgan fingerprint density at radius 1 is 0.947 bits per heavy atom. The van der Waals surface area contributed by atoms with Crippen LogP contribution in [0.15, 0.2) is 17.9 Å². The SMILES string of the molecule is Br.NC1(P(=O)(O)O)Cc2c(Br)c(Br)c(Br)c(Br)c2C1. The van der Waals surface area contributed by atoms with Gasteiger partial charge < -0.3 is 15.5 Å². The first-order valence-corrected chi connectivity index (χ1v) is 9.55. The summed E-state index contributed by atoms with van der Waals surface area (Å²) in [6, 6.07) is 0. The van der Waals surface area contributed by atoms with Crippen molar-refractivity contribution in [2.45, 2.75) is 18.1 Å². The van der Waals surface area contributed by atoms with E-state index in [4.69, 9.17) is 5.73 Å². The standard InChI is InChI=1S/C9H8Br4NO3P.BrH/c10-5-3-1-9(14,18(15,16)17)2-4(3)6(11)8(13)7(5)12;/h1-2,14H2,(H2,15,16,17);1H. The van der Waals surface area contributed by atoms with Gasteiger partial charge in [0.1, 0.15) is 5.28 Å². The third-order valence-corrected chi connectivity index (χ3v) is 9.43. The molecule has 0 saturated heterocycles. The first kappa shape index (κ1) is 18.8. The van der Waals surface area contributed by atoms with E-state index in [1.165, 1.54) is 0 Å². The van der Waals surface area contributed by atoms with Crippen LogP contribution in [0.2, 0.25) is 0 Å². The van der Waals surface area contributed by atoms with Gasteiger partial charge in [-0.2, -0.15) is 0 Å². The monoisotopic (exact) mass is 605 g/mol. The summed E-state index contributed by atoms with van der Waals surface area (Å²) in [7, 11) is -4.37. The number of nitrogens with two attached hydrogens (primary N) is 1. The fraction of sp³-hybridized carbons (Fsp3) is 0.333. The number of benzene rings is 1. The summed E-state index contributed by atoms with van der Waals surface area (Å²) in [5.74, 6) is 0. The molecule has 0 aliphatic heterocycles. The Labute approximate surface area is 154 Å². The molecule has 1 aromatic carbocycles. The average Bonchev–Trinajstić information content (AvgIpc) is 2.63. The van der Waals surface area contributed by atoms with Crippen LogP contribution in [0.1, 0.15) is 11.1 Å². The van der Waals surface area contributed by atoms with E-state index in [1.54, 1.807) is 0 Å². The molecule has 19 heavy (non-hydrogen) atoms. The van der Waals surface area contributed by atoms with Gasteiger partial charge in [-0.15, -0.1) is 17.0 Å². The Hall–Kier alpha value is 1.73. The van der Waals surface area contributed by atoms with Crippen molar-refractivity contribution in [3.05, 3.63) is 29.0 Å². The van der Waals surface area contributed by atoms with Crippen LogP contribution in [0.3, 0.4) is 0 Å². The summed E-state index contributed by atoms with van der Waals surface area (Å²) in [6.45, 7) is 0. The van der Waals surface area contributed by atoms with E-state index in [0.717, 1.165) is 29.0 Å². The molecule has 0 fully saturated rings. The fourth-order valence-electron chi connectivity index (χ4n) is 1.97. The molecular weight excluding hydrogens is 601 g/mol. The molecule has 0 bridgehead atoms. The highest BCUT2D eigenvalue weighted by molar-refractivity contribution is 9.15. The molecule has 0 aromatic heterocycles. The minimum atomic E-state index is -4.37. The highest BCUT2D eigenvalue weighted by Gasteiger charge is 2.49. The second-order valence-corrected chi connectivity index (χ2v) is 9.36. The van der Waals surface area contributed by atoms with E-state index in [9.17, 15) is 14.4 Å². The summed E-state index contributed by atoms with van der Waals surface area (Å²) in [5.41, 5.74) is 7.53. The molecule has 1 aliphatic carbocycles. The Balaban J connectivity index is 0.00000180. The van der Waals surface area contributed by atoms with Crippen LogP contribution in [0.25, 0.3) is 0 Å². The summed E-state index contributed by atoms with van der Waals surface area (Å²) >= 11 is 13.7. The van der Waals surface area contributed by atoms with E-state index in [2.05, 4.69) is 63.7 Å². The van der Waals surface area contributed by atoms with Gasteiger partial charge >= 0.3 is 7.60 Å². The number of hydrogen-bond donors (Lipinski definition) is 3. The van der Waals surface area contributed by atoms with E-state index >= 15 is 0 Å². The molecule has 4 N–H and O–H groups in total. The molecule has 0 radical (unpaired) electrons. The molecule has 0 atom stereocenters. The third kappa shape index (κ3) is 3.10. The normalized spacial score (nSPS) is 17.0. The zero-order valence-corrected chi connectivity index (χ0v) is 18.1. The highest BCUT2D eigenvalue weighted by atomic mass is 79.9. The van der Waals surface area contributed by atoms with Gasteiger partial charge in [0.25, 0.3) is 0 Å². The molecule has 4 nitrogen and oxygen atoms in total. The molecular formula is C9H9Br5NO3P. The lowest BCUT2D eigenvalue weighted by Gasteiger charge is -2.24. The minimum absolute atomic E-state index is 0. The minimum Gasteiger partial charge on any atom is -0.323 e. The molecule has 1 aliphatic rings. The van der Waals surface area contributed by atoms with Gasteiger partial charge in [0.15, 0.2) is 0 Å². The smallest absolute Gasteiger partial charge is 0.323 e. The van der Waals surface area contributed by atoms with E-state index in [0.29, 0.717) is 0 Å². The maximum atomic E-state index is 11.5. The molecule has 1 aromatic rings. The summed E-state index contributed by atoms with van der Waals surface area (Å²) in [5, 5.41) is -1.53. The lowest BCUT2D eigenvalue weighted by molar-refractivity contribution is 0.327. The van der Waals surface area contributed by atoms with Crippen molar-refractivity contribution in [1.29, 1.82) is 0 Å². The third-order valence-electron chi connectivity index (χ3n) is 3.02. The topological polar surface area (TPSA) is 83.6 Å². The van der Waals surface area contributed by atoms with Gasteiger partial charge in [0.05, 0.1) is 0 Å². The second-order valence-electron chi connectivity index (χ2n) is 4.21.